The molecule has 2 rings (SSSR count). The van der Waals surface area contributed by atoms with E-state index in [1.807, 2.05) is 19.1 Å². The molecule has 0 N–H and O–H groups in total. The highest BCUT2D eigenvalue weighted by Crippen LogP contribution is 2.26. The van der Waals surface area contributed by atoms with Gasteiger partial charge in [0.1, 0.15) is 5.82 Å². The van der Waals surface area contributed by atoms with Crippen molar-refractivity contribution in [2.75, 3.05) is 19.6 Å². The number of benzene rings is 1. The van der Waals surface area contributed by atoms with Crippen LogP contribution in [0.4, 0.5) is 0 Å². The summed E-state index contributed by atoms with van der Waals surface area (Å²) in [4.78, 5) is 7.16. The molecule has 0 bridgehead atoms. The summed E-state index contributed by atoms with van der Waals surface area (Å²) < 4.78 is 3.33. The first kappa shape index (κ1) is 16.8. The average molecular weight is 373 g/mol. The van der Waals surface area contributed by atoms with Gasteiger partial charge in [-0.25, -0.2) is 4.98 Å². The summed E-state index contributed by atoms with van der Waals surface area (Å²) in [5, 5.41) is -0.0857. The molecule has 0 amide bonds. The number of likely N-dealkylation sites (N-methyl/N-ethyl adjacent to an activating group) is 1. The third-order valence-corrected chi connectivity index (χ3v) is 4.41. The predicted octanol–water partition coefficient (Wildman–Crippen LogP) is 4.83. The Labute approximate surface area is 140 Å². The van der Waals surface area contributed by atoms with Crippen molar-refractivity contribution in [2.24, 2.45) is 0 Å². The van der Waals surface area contributed by atoms with Gasteiger partial charge in [0.25, 0.3) is 0 Å². The second-order valence-corrected chi connectivity index (χ2v) is 6.88. The minimum atomic E-state index is -0.0857. The number of rotatable bonds is 7. The Morgan fingerprint density at radius 2 is 2.10 bits per heavy atom. The van der Waals surface area contributed by atoms with Gasteiger partial charge in [0.15, 0.2) is 0 Å². The van der Waals surface area contributed by atoms with Crippen LogP contribution >= 0.6 is 27.5 Å². The highest BCUT2D eigenvalue weighted by molar-refractivity contribution is 9.10. The molecule has 1 aromatic heterocycles. The second kappa shape index (κ2) is 7.61. The van der Waals surface area contributed by atoms with Crippen LogP contribution in [0.3, 0.4) is 0 Å². The molecule has 1 heterocycles. The van der Waals surface area contributed by atoms with Crippen LogP contribution in [0.25, 0.3) is 11.0 Å². The van der Waals surface area contributed by atoms with Crippen LogP contribution in [0.15, 0.2) is 22.7 Å². The van der Waals surface area contributed by atoms with Crippen molar-refractivity contribution in [3.8, 4) is 0 Å². The summed E-state index contributed by atoms with van der Waals surface area (Å²) in [5.74, 6) is 0.956. The third-order valence-electron chi connectivity index (χ3n) is 3.72. The molecule has 116 valence electrons. The van der Waals surface area contributed by atoms with Crippen LogP contribution in [0.5, 0.6) is 0 Å². The zero-order chi connectivity index (χ0) is 15.4. The van der Waals surface area contributed by atoms with Gasteiger partial charge in [0.05, 0.1) is 16.4 Å². The molecule has 1 aromatic carbocycles. The molecule has 0 aliphatic carbocycles. The first-order valence-corrected chi connectivity index (χ1v) is 8.81. The van der Waals surface area contributed by atoms with E-state index in [0.29, 0.717) is 0 Å². The molecule has 0 fully saturated rings. The van der Waals surface area contributed by atoms with Gasteiger partial charge in [-0.05, 0) is 44.6 Å². The fourth-order valence-electron chi connectivity index (χ4n) is 2.64. The maximum absolute atomic E-state index is 6.32. The highest BCUT2D eigenvalue weighted by Gasteiger charge is 2.15. The van der Waals surface area contributed by atoms with Gasteiger partial charge in [-0.15, -0.1) is 11.6 Å². The van der Waals surface area contributed by atoms with E-state index in [-0.39, 0.29) is 5.38 Å². The molecule has 1 unspecified atom stereocenters. The Balaban J connectivity index is 2.31. The molecule has 21 heavy (non-hydrogen) atoms. The smallest absolute Gasteiger partial charge is 0.127 e. The normalized spacial score (nSPS) is 13.2. The lowest BCUT2D eigenvalue weighted by molar-refractivity contribution is 0.276. The van der Waals surface area contributed by atoms with Crippen molar-refractivity contribution in [1.29, 1.82) is 0 Å². The molecule has 0 aliphatic rings. The zero-order valence-corrected chi connectivity index (χ0v) is 15.3. The van der Waals surface area contributed by atoms with Crippen LogP contribution in [0, 0.1) is 0 Å². The lowest BCUT2D eigenvalue weighted by atomic mass is 10.3. The van der Waals surface area contributed by atoms with Gasteiger partial charge in [0.2, 0.25) is 0 Å². The lowest BCUT2D eigenvalue weighted by Crippen LogP contribution is -2.28. The monoisotopic (exact) mass is 371 g/mol. The Bertz CT molecular complexity index is 594. The van der Waals surface area contributed by atoms with Crippen molar-refractivity contribution in [3.63, 3.8) is 0 Å². The molecule has 0 spiro atoms. The molecule has 0 radical (unpaired) electrons. The largest absolute Gasteiger partial charge is 0.325 e. The third kappa shape index (κ3) is 3.99. The Kier molecular flexibility index (Phi) is 6.08. The molecule has 3 nitrogen and oxygen atoms in total. The van der Waals surface area contributed by atoms with Crippen LogP contribution < -0.4 is 0 Å². The number of hydrogen-bond acceptors (Lipinski definition) is 2. The Hall–Kier alpha value is -0.580. The number of aromatic nitrogens is 2. The van der Waals surface area contributed by atoms with Crippen LogP contribution in [0.2, 0.25) is 0 Å². The van der Waals surface area contributed by atoms with E-state index in [0.717, 1.165) is 47.5 Å². The van der Waals surface area contributed by atoms with Gasteiger partial charge >= 0.3 is 0 Å². The molecule has 0 saturated heterocycles. The van der Waals surface area contributed by atoms with Gasteiger partial charge in [-0.3, -0.25) is 0 Å². The fraction of sp³-hybridized carbons (Fsp3) is 0.562. The molecule has 5 heteroatoms. The summed E-state index contributed by atoms with van der Waals surface area (Å²) in [7, 11) is 0. The van der Waals surface area contributed by atoms with Gasteiger partial charge in [0, 0.05) is 17.6 Å². The molecule has 0 saturated carbocycles. The van der Waals surface area contributed by atoms with Crippen molar-refractivity contribution < 1.29 is 0 Å². The number of halogens is 2. The van der Waals surface area contributed by atoms with E-state index in [2.05, 4.69) is 45.3 Å². The summed E-state index contributed by atoms with van der Waals surface area (Å²) in [5.41, 5.74) is 2.17. The van der Waals surface area contributed by atoms with E-state index in [4.69, 9.17) is 16.6 Å². The summed E-state index contributed by atoms with van der Waals surface area (Å²) in [6.07, 6.45) is 1.18. The van der Waals surface area contributed by atoms with Crippen molar-refractivity contribution >= 4 is 38.6 Å². The lowest BCUT2D eigenvalue weighted by Gasteiger charge is -2.21. The van der Waals surface area contributed by atoms with Gasteiger partial charge in [-0.1, -0.05) is 29.8 Å². The predicted molar refractivity (Wildman–Crippen MR) is 94.1 cm³/mol. The standard InChI is InChI=1S/C16H23BrClN3/c1-4-8-20(5-2)9-10-21-15-11-13(17)6-7-14(15)19-16(21)12(3)18/h6-7,11-12H,4-5,8-10H2,1-3H3. The fourth-order valence-corrected chi connectivity index (χ4v) is 3.15. The number of imidazole rings is 1. The summed E-state index contributed by atoms with van der Waals surface area (Å²) >= 11 is 9.87. The van der Waals surface area contributed by atoms with Crippen molar-refractivity contribution in [2.45, 2.75) is 39.1 Å². The summed E-state index contributed by atoms with van der Waals surface area (Å²) in [6.45, 7) is 10.6. The van der Waals surface area contributed by atoms with E-state index in [1.54, 1.807) is 0 Å². The van der Waals surface area contributed by atoms with Crippen LogP contribution in [0.1, 0.15) is 38.4 Å². The molecule has 2 aromatic rings. The molecular weight excluding hydrogens is 350 g/mol. The Morgan fingerprint density at radius 1 is 1.33 bits per heavy atom. The van der Waals surface area contributed by atoms with Crippen LogP contribution in [-0.4, -0.2) is 34.1 Å². The minimum absolute atomic E-state index is 0.0857. The van der Waals surface area contributed by atoms with E-state index in [9.17, 15) is 0 Å². The number of alkyl halides is 1. The van der Waals surface area contributed by atoms with E-state index in [1.165, 1.54) is 6.42 Å². The van der Waals surface area contributed by atoms with E-state index < -0.39 is 0 Å². The highest BCUT2D eigenvalue weighted by atomic mass is 79.9. The average Bonchev–Trinajstić information content (AvgIpc) is 2.81. The first-order chi connectivity index (χ1) is 10.1. The Morgan fingerprint density at radius 3 is 2.71 bits per heavy atom. The SMILES string of the molecule is CCCN(CC)CCn1c(C(C)Cl)nc2ccc(Br)cc21. The molecular formula is C16H23BrClN3. The molecule has 1 atom stereocenters. The zero-order valence-electron chi connectivity index (χ0n) is 12.9. The topological polar surface area (TPSA) is 21.1 Å². The molecule has 0 aliphatic heterocycles. The maximum Gasteiger partial charge on any atom is 0.127 e. The summed E-state index contributed by atoms with van der Waals surface area (Å²) in [6, 6.07) is 6.20. The maximum atomic E-state index is 6.32. The van der Waals surface area contributed by atoms with Crippen LogP contribution in [-0.2, 0) is 6.54 Å². The number of hydrogen-bond donors (Lipinski definition) is 0. The van der Waals surface area contributed by atoms with Gasteiger partial charge in [-0.2, -0.15) is 0 Å². The van der Waals surface area contributed by atoms with Crippen molar-refractivity contribution in [1.82, 2.24) is 14.5 Å². The minimum Gasteiger partial charge on any atom is -0.325 e. The van der Waals surface area contributed by atoms with E-state index >= 15 is 0 Å². The van der Waals surface area contributed by atoms with Crippen molar-refractivity contribution in [3.05, 3.63) is 28.5 Å². The van der Waals surface area contributed by atoms with Gasteiger partial charge < -0.3 is 9.47 Å². The first-order valence-electron chi connectivity index (χ1n) is 7.58. The number of nitrogens with zero attached hydrogens (tertiary/aromatic N) is 3. The number of fused-ring (bicyclic) bond motifs is 1. The second-order valence-electron chi connectivity index (χ2n) is 5.30. The quantitative estimate of drug-likeness (QED) is 0.649.